The summed E-state index contributed by atoms with van der Waals surface area (Å²) in [5.74, 6) is 0.144. The van der Waals surface area contributed by atoms with Crippen LogP contribution >= 0.6 is 0 Å². The van der Waals surface area contributed by atoms with Gasteiger partial charge >= 0.3 is 0 Å². The highest BCUT2D eigenvalue weighted by molar-refractivity contribution is 7.83. The maximum absolute atomic E-state index is 13.0. The molecule has 1 unspecified atom stereocenters. The summed E-state index contributed by atoms with van der Waals surface area (Å²) in [4.78, 5) is 15.8. The van der Waals surface area contributed by atoms with Gasteiger partial charge in [-0.25, -0.2) is 8.93 Å². The van der Waals surface area contributed by atoms with Crippen LogP contribution < -0.4 is 15.4 Å². The van der Waals surface area contributed by atoms with Crippen molar-refractivity contribution in [2.75, 3.05) is 38.5 Å². The van der Waals surface area contributed by atoms with Crippen molar-refractivity contribution in [3.63, 3.8) is 0 Å². The minimum atomic E-state index is -1.28. The number of rotatable bonds is 5. The highest BCUT2D eigenvalue weighted by Gasteiger charge is 2.24. The molecule has 2 aliphatic rings. The van der Waals surface area contributed by atoms with Crippen LogP contribution in [0, 0.1) is 5.92 Å². The number of fused-ring (bicyclic) bond motifs is 1. The molecule has 6 nitrogen and oxygen atoms in total. The van der Waals surface area contributed by atoms with E-state index >= 15 is 0 Å². The zero-order valence-corrected chi connectivity index (χ0v) is 17.8. The fourth-order valence-corrected chi connectivity index (χ4v) is 5.44. The first-order valence-electron chi connectivity index (χ1n) is 10.5. The molecule has 2 heterocycles. The van der Waals surface area contributed by atoms with Gasteiger partial charge in [0.15, 0.2) is 0 Å². The number of nitrogens with zero attached hydrogens (tertiary/aromatic N) is 1. The molecule has 4 rings (SSSR count). The van der Waals surface area contributed by atoms with Crippen LogP contribution in [0.25, 0.3) is 10.8 Å². The molecule has 29 heavy (non-hydrogen) atoms. The number of amides is 1. The molecule has 2 fully saturated rings. The molecule has 0 bridgehead atoms. The van der Waals surface area contributed by atoms with Crippen molar-refractivity contribution in [3.05, 3.63) is 36.4 Å². The van der Waals surface area contributed by atoms with Crippen molar-refractivity contribution in [1.82, 2.24) is 14.9 Å². The number of piperidine rings is 2. The van der Waals surface area contributed by atoms with Gasteiger partial charge in [0, 0.05) is 28.4 Å². The molecular weight excluding hydrogens is 384 g/mol. The first kappa shape index (κ1) is 20.5. The zero-order valence-electron chi connectivity index (χ0n) is 16.9. The number of nitrogens with one attached hydrogen (secondary N) is 3. The number of carbonyl (C=O) groups excluding carboxylic acids is 1. The summed E-state index contributed by atoms with van der Waals surface area (Å²) in [5, 5.41) is 8.32. The standard InChI is InChI=1S/C22H30N4O2S/c1-26-14-10-16(11-15-26)22(27)24-20-6-7-21(19-5-3-2-4-18(19)20)29(28)25-17-8-12-23-13-9-17/h2-7,16-17,23,25H,8-15H2,1H3,(H,24,27). The number of hydrogen-bond acceptors (Lipinski definition) is 4. The Morgan fingerprint density at radius 2 is 1.72 bits per heavy atom. The van der Waals surface area contributed by atoms with E-state index in [9.17, 15) is 9.00 Å². The molecule has 7 heteroatoms. The van der Waals surface area contributed by atoms with Crippen molar-refractivity contribution in [2.24, 2.45) is 5.92 Å². The highest BCUT2D eigenvalue weighted by atomic mass is 32.2. The van der Waals surface area contributed by atoms with Crippen LogP contribution in [0.3, 0.4) is 0 Å². The van der Waals surface area contributed by atoms with Gasteiger partial charge in [0.25, 0.3) is 0 Å². The third-order valence-electron chi connectivity index (χ3n) is 6.04. The molecule has 2 aromatic rings. The summed E-state index contributed by atoms with van der Waals surface area (Å²) in [6.07, 6.45) is 3.74. The van der Waals surface area contributed by atoms with Gasteiger partial charge in [-0.1, -0.05) is 24.3 Å². The number of carbonyl (C=O) groups is 1. The SMILES string of the molecule is CN1CCC(C(=O)Nc2ccc(S(=O)NC3CCNCC3)c3ccccc23)CC1. The molecule has 1 atom stereocenters. The van der Waals surface area contributed by atoms with Crippen molar-refractivity contribution in [1.29, 1.82) is 0 Å². The Hall–Kier alpha value is -1.80. The maximum atomic E-state index is 13.0. The molecule has 0 aliphatic carbocycles. The van der Waals surface area contributed by atoms with E-state index in [1.54, 1.807) is 0 Å². The Labute approximate surface area is 175 Å². The third-order valence-corrected chi connectivity index (χ3v) is 7.35. The lowest BCUT2D eigenvalue weighted by Crippen LogP contribution is -2.40. The van der Waals surface area contributed by atoms with E-state index < -0.39 is 11.0 Å². The summed E-state index contributed by atoms with van der Waals surface area (Å²) in [6.45, 7) is 3.83. The van der Waals surface area contributed by atoms with Crippen molar-refractivity contribution in [3.8, 4) is 0 Å². The van der Waals surface area contributed by atoms with Crippen LogP contribution in [0.1, 0.15) is 25.7 Å². The second kappa shape index (κ2) is 9.34. The molecule has 0 aromatic heterocycles. The van der Waals surface area contributed by atoms with Gasteiger partial charge in [0.2, 0.25) is 5.91 Å². The quantitative estimate of drug-likeness (QED) is 0.703. The predicted octanol–water partition coefficient (Wildman–Crippen LogP) is 2.48. The van der Waals surface area contributed by atoms with Crippen LogP contribution in [0.5, 0.6) is 0 Å². The number of hydrogen-bond donors (Lipinski definition) is 3. The van der Waals surface area contributed by atoms with E-state index in [1.165, 1.54) is 0 Å². The van der Waals surface area contributed by atoms with E-state index in [1.807, 2.05) is 36.4 Å². The Morgan fingerprint density at radius 3 is 2.45 bits per heavy atom. The maximum Gasteiger partial charge on any atom is 0.227 e. The summed E-state index contributed by atoms with van der Waals surface area (Å²) in [6, 6.07) is 11.9. The van der Waals surface area contributed by atoms with Gasteiger partial charge < -0.3 is 15.5 Å². The summed E-state index contributed by atoms with van der Waals surface area (Å²) < 4.78 is 16.3. The van der Waals surface area contributed by atoms with E-state index in [4.69, 9.17) is 0 Å². The third kappa shape index (κ3) is 4.86. The molecule has 3 N–H and O–H groups in total. The highest BCUT2D eigenvalue weighted by Crippen LogP contribution is 2.30. The largest absolute Gasteiger partial charge is 0.325 e. The van der Waals surface area contributed by atoms with Crippen LogP contribution in [0.15, 0.2) is 41.3 Å². The normalized spacial score (nSPS) is 20.6. The Balaban J connectivity index is 1.53. The Morgan fingerprint density at radius 1 is 1.03 bits per heavy atom. The van der Waals surface area contributed by atoms with Gasteiger partial charge in [-0.15, -0.1) is 0 Å². The lowest BCUT2D eigenvalue weighted by Gasteiger charge is -2.28. The van der Waals surface area contributed by atoms with Crippen molar-refractivity contribution < 1.29 is 9.00 Å². The van der Waals surface area contributed by atoms with Gasteiger partial charge in [0.1, 0.15) is 11.0 Å². The average Bonchev–Trinajstić information content (AvgIpc) is 2.75. The molecule has 156 valence electrons. The number of anilines is 1. The average molecular weight is 415 g/mol. The first-order valence-corrected chi connectivity index (χ1v) is 11.7. The molecule has 2 aromatic carbocycles. The van der Waals surface area contributed by atoms with Gasteiger partial charge in [0.05, 0.1) is 4.90 Å². The topological polar surface area (TPSA) is 73.5 Å². The van der Waals surface area contributed by atoms with Gasteiger partial charge in [-0.05, 0) is 71.0 Å². The number of likely N-dealkylation sites (tertiary alicyclic amines) is 1. The first-order chi connectivity index (χ1) is 14.1. The van der Waals surface area contributed by atoms with E-state index in [2.05, 4.69) is 27.3 Å². The van der Waals surface area contributed by atoms with Crippen LogP contribution in [-0.2, 0) is 15.8 Å². The molecule has 2 saturated heterocycles. The molecule has 0 radical (unpaired) electrons. The lowest BCUT2D eigenvalue weighted by molar-refractivity contribution is -0.121. The minimum Gasteiger partial charge on any atom is -0.325 e. The van der Waals surface area contributed by atoms with Crippen LogP contribution in [0.4, 0.5) is 5.69 Å². The lowest BCUT2D eigenvalue weighted by atomic mass is 9.96. The summed E-state index contributed by atoms with van der Waals surface area (Å²) in [7, 11) is 0.815. The smallest absolute Gasteiger partial charge is 0.227 e. The van der Waals surface area contributed by atoms with E-state index in [0.717, 1.165) is 73.2 Å². The van der Waals surface area contributed by atoms with Gasteiger partial charge in [-0.2, -0.15) is 0 Å². The molecule has 0 saturated carbocycles. The fraction of sp³-hybridized carbons (Fsp3) is 0.500. The van der Waals surface area contributed by atoms with E-state index in [-0.39, 0.29) is 17.9 Å². The van der Waals surface area contributed by atoms with Crippen molar-refractivity contribution >= 4 is 33.4 Å². The fourth-order valence-electron chi connectivity index (χ4n) is 4.20. The van der Waals surface area contributed by atoms with Crippen molar-refractivity contribution in [2.45, 2.75) is 36.6 Å². The Bertz CT molecular complexity index is 890. The number of benzene rings is 2. The van der Waals surface area contributed by atoms with E-state index in [0.29, 0.717) is 0 Å². The minimum absolute atomic E-state index is 0.0559. The van der Waals surface area contributed by atoms with Crippen LogP contribution in [0.2, 0.25) is 0 Å². The monoisotopic (exact) mass is 414 g/mol. The molecule has 0 spiro atoms. The van der Waals surface area contributed by atoms with Crippen LogP contribution in [-0.4, -0.2) is 54.3 Å². The zero-order chi connectivity index (χ0) is 20.2. The summed E-state index contributed by atoms with van der Waals surface area (Å²) >= 11 is 0. The predicted molar refractivity (Wildman–Crippen MR) is 118 cm³/mol. The van der Waals surface area contributed by atoms with Gasteiger partial charge in [-0.3, -0.25) is 4.79 Å². The second-order valence-corrected chi connectivity index (χ2v) is 9.35. The second-order valence-electron chi connectivity index (χ2n) is 8.13. The Kier molecular flexibility index (Phi) is 6.60. The molecule has 1 amide bonds. The summed E-state index contributed by atoms with van der Waals surface area (Å²) in [5.41, 5.74) is 0.798. The molecule has 2 aliphatic heterocycles. The molecular formula is C22H30N4O2S.